The summed E-state index contributed by atoms with van der Waals surface area (Å²) in [5, 5.41) is 16.3. The Morgan fingerprint density at radius 3 is 2.33 bits per heavy atom. The Hall–Kier alpha value is -2.93. The molecule has 0 aliphatic rings. The van der Waals surface area contributed by atoms with E-state index in [1.54, 1.807) is 12.1 Å². The summed E-state index contributed by atoms with van der Waals surface area (Å²) in [4.78, 5) is 33.5. The number of hydrogen-bond donors (Lipinski definition) is 2. The van der Waals surface area contributed by atoms with E-state index in [1.807, 2.05) is 0 Å². The zero-order valence-electron chi connectivity index (χ0n) is 12.7. The molecule has 0 fully saturated rings. The largest absolute Gasteiger partial charge is 0.325 e. The van der Waals surface area contributed by atoms with Gasteiger partial charge in [0.05, 0.1) is 22.7 Å². The fourth-order valence-corrected chi connectivity index (χ4v) is 2.21. The summed E-state index contributed by atoms with van der Waals surface area (Å²) in [6.07, 6.45) is 0.0318. The maximum Gasteiger partial charge on any atom is 0.269 e. The first-order chi connectivity index (χ1) is 11.3. The van der Waals surface area contributed by atoms with Crippen LogP contribution in [0.25, 0.3) is 0 Å². The molecule has 24 heavy (non-hydrogen) atoms. The predicted molar refractivity (Wildman–Crippen MR) is 91.2 cm³/mol. The van der Waals surface area contributed by atoms with Gasteiger partial charge in [0.1, 0.15) is 0 Å². The maximum absolute atomic E-state index is 12.1. The van der Waals surface area contributed by atoms with E-state index in [4.69, 9.17) is 11.6 Å². The van der Waals surface area contributed by atoms with Crippen molar-refractivity contribution < 1.29 is 14.5 Å². The molecule has 0 spiro atoms. The number of carbonyl (C=O) groups is 2. The molecular weight excluding hydrogens is 334 g/mol. The molecule has 2 N–H and O–H groups in total. The first-order valence-electron chi connectivity index (χ1n) is 6.95. The zero-order valence-corrected chi connectivity index (χ0v) is 13.5. The molecule has 0 aromatic heterocycles. The van der Waals surface area contributed by atoms with Gasteiger partial charge in [-0.15, -0.1) is 0 Å². The number of hydrogen-bond acceptors (Lipinski definition) is 4. The monoisotopic (exact) mass is 347 g/mol. The lowest BCUT2D eigenvalue weighted by molar-refractivity contribution is -0.384. The van der Waals surface area contributed by atoms with E-state index in [0.29, 0.717) is 22.0 Å². The van der Waals surface area contributed by atoms with Gasteiger partial charge in [-0.2, -0.15) is 0 Å². The number of nitrogens with zero attached hydrogens (tertiary/aromatic N) is 1. The molecule has 8 heteroatoms. The molecule has 0 heterocycles. The van der Waals surface area contributed by atoms with Gasteiger partial charge in [-0.25, -0.2) is 0 Å². The van der Waals surface area contributed by atoms with Gasteiger partial charge in [0.15, 0.2) is 0 Å². The van der Waals surface area contributed by atoms with Gasteiger partial charge in [-0.1, -0.05) is 23.7 Å². The quantitative estimate of drug-likeness (QED) is 0.639. The summed E-state index contributed by atoms with van der Waals surface area (Å²) >= 11 is 5.92. The summed E-state index contributed by atoms with van der Waals surface area (Å²) in [6.45, 7) is 1.36. The summed E-state index contributed by atoms with van der Waals surface area (Å²) in [6, 6.07) is 10.4. The second-order valence-electron chi connectivity index (χ2n) is 5.02. The number of amides is 2. The topological polar surface area (TPSA) is 101 Å². The van der Waals surface area contributed by atoms with Gasteiger partial charge in [-0.05, 0) is 23.8 Å². The van der Waals surface area contributed by atoms with E-state index in [2.05, 4.69) is 10.6 Å². The van der Waals surface area contributed by atoms with E-state index in [-0.39, 0.29) is 23.9 Å². The van der Waals surface area contributed by atoms with Gasteiger partial charge in [-0.3, -0.25) is 19.7 Å². The molecule has 2 rings (SSSR count). The Morgan fingerprint density at radius 1 is 1.08 bits per heavy atom. The number of rotatable bonds is 5. The predicted octanol–water partition coefficient (Wildman–Crippen LogP) is 3.39. The van der Waals surface area contributed by atoms with E-state index in [0.717, 1.165) is 0 Å². The third-order valence-electron chi connectivity index (χ3n) is 3.08. The minimum atomic E-state index is -0.504. The number of halogens is 1. The molecule has 2 aromatic rings. The zero-order chi connectivity index (χ0) is 17.7. The van der Waals surface area contributed by atoms with E-state index in [1.165, 1.54) is 37.3 Å². The molecule has 2 aromatic carbocycles. The fraction of sp³-hybridized carbons (Fsp3) is 0.125. The summed E-state index contributed by atoms with van der Waals surface area (Å²) in [7, 11) is 0. The molecule has 124 valence electrons. The van der Waals surface area contributed by atoms with Crippen molar-refractivity contribution in [3.63, 3.8) is 0 Å². The molecule has 0 radical (unpaired) electrons. The van der Waals surface area contributed by atoms with Crippen LogP contribution in [0.3, 0.4) is 0 Å². The van der Waals surface area contributed by atoms with Crippen molar-refractivity contribution in [2.45, 2.75) is 13.3 Å². The van der Waals surface area contributed by atoms with Crippen LogP contribution < -0.4 is 10.6 Å². The van der Waals surface area contributed by atoms with Crippen LogP contribution in [0.15, 0.2) is 42.5 Å². The molecule has 0 unspecified atom stereocenters. The molecule has 0 aliphatic carbocycles. The highest BCUT2D eigenvalue weighted by atomic mass is 35.5. The van der Waals surface area contributed by atoms with Crippen LogP contribution >= 0.6 is 11.6 Å². The van der Waals surface area contributed by atoms with Crippen molar-refractivity contribution in [1.82, 2.24) is 0 Å². The normalized spacial score (nSPS) is 10.1. The van der Waals surface area contributed by atoms with Crippen molar-refractivity contribution in [2.75, 3.05) is 10.6 Å². The average Bonchev–Trinajstić information content (AvgIpc) is 2.50. The van der Waals surface area contributed by atoms with Crippen LogP contribution in [0.4, 0.5) is 17.1 Å². The first-order valence-corrected chi connectivity index (χ1v) is 7.33. The Balaban J connectivity index is 2.10. The van der Waals surface area contributed by atoms with Gasteiger partial charge >= 0.3 is 0 Å². The molecule has 0 bridgehead atoms. The minimum absolute atomic E-state index is 0.0318. The minimum Gasteiger partial charge on any atom is -0.325 e. The van der Waals surface area contributed by atoms with Gasteiger partial charge in [0, 0.05) is 24.1 Å². The molecule has 0 saturated heterocycles. The lowest BCUT2D eigenvalue weighted by Crippen LogP contribution is -2.17. The molecule has 0 atom stereocenters. The number of non-ortho nitro benzene ring substituents is 1. The average molecular weight is 348 g/mol. The second-order valence-corrected chi connectivity index (χ2v) is 5.46. The Bertz CT molecular complexity index is 790. The maximum atomic E-state index is 12.1. The number of nitro groups is 1. The smallest absolute Gasteiger partial charge is 0.269 e. The van der Waals surface area contributed by atoms with E-state index in [9.17, 15) is 19.7 Å². The number of carbonyl (C=O) groups excluding carboxylic acids is 2. The number of nitro benzene ring substituents is 1. The van der Waals surface area contributed by atoms with Crippen LogP contribution in [-0.4, -0.2) is 16.7 Å². The van der Waals surface area contributed by atoms with E-state index < -0.39 is 4.92 Å². The Kier molecular flexibility index (Phi) is 5.49. The summed E-state index contributed by atoms with van der Waals surface area (Å²) in [5.74, 6) is -0.610. The van der Waals surface area contributed by atoms with Crippen LogP contribution in [-0.2, 0) is 16.0 Å². The van der Waals surface area contributed by atoms with Crippen LogP contribution in [0.2, 0.25) is 5.02 Å². The van der Waals surface area contributed by atoms with Gasteiger partial charge in [0.2, 0.25) is 11.8 Å². The van der Waals surface area contributed by atoms with Gasteiger partial charge < -0.3 is 10.6 Å². The van der Waals surface area contributed by atoms with Crippen LogP contribution in [0.5, 0.6) is 0 Å². The van der Waals surface area contributed by atoms with Gasteiger partial charge in [0.25, 0.3) is 5.69 Å². The van der Waals surface area contributed by atoms with Crippen LogP contribution in [0.1, 0.15) is 12.5 Å². The highest BCUT2D eigenvalue weighted by Crippen LogP contribution is 2.26. The fourth-order valence-electron chi connectivity index (χ4n) is 2.03. The number of benzene rings is 2. The highest BCUT2D eigenvalue weighted by molar-refractivity contribution is 6.31. The molecular formula is C16H14ClN3O4. The van der Waals surface area contributed by atoms with Crippen molar-refractivity contribution in [3.05, 3.63) is 63.2 Å². The van der Waals surface area contributed by atoms with Crippen molar-refractivity contribution in [2.24, 2.45) is 0 Å². The standard InChI is InChI=1S/C16H14ClN3O4/c1-10(21)18-14-7-4-12(17)9-15(14)19-16(22)8-11-2-5-13(6-3-11)20(23)24/h2-7,9H,8H2,1H3,(H,18,21)(H,19,22). The first kappa shape index (κ1) is 17.4. The highest BCUT2D eigenvalue weighted by Gasteiger charge is 2.11. The van der Waals surface area contributed by atoms with Crippen LogP contribution in [0, 0.1) is 10.1 Å². The van der Waals surface area contributed by atoms with Crippen molar-refractivity contribution in [3.8, 4) is 0 Å². The Labute approximate surface area is 142 Å². The second kappa shape index (κ2) is 7.56. The summed E-state index contributed by atoms with van der Waals surface area (Å²) < 4.78 is 0. The van der Waals surface area contributed by atoms with E-state index >= 15 is 0 Å². The lowest BCUT2D eigenvalue weighted by atomic mass is 10.1. The molecule has 2 amide bonds. The third-order valence-corrected chi connectivity index (χ3v) is 3.31. The third kappa shape index (κ3) is 4.79. The van der Waals surface area contributed by atoms with Crippen molar-refractivity contribution >= 4 is 40.5 Å². The molecule has 0 aliphatic heterocycles. The summed E-state index contributed by atoms with van der Waals surface area (Å²) in [5.41, 5.74) is 1.40. The molecule has 0 saturated carbocycles. The number of anilines is 2. The lowest BCUT2D eigenvalue weighted by Gasteiger charge is -2.12. The SMILES string of the molecule is CC(=O)Nc1ccc(Cl)cc1NC(=O)Cc1ccc([N+](=O)[O-])cc1. The Morgan fingerprint density at radius 2 is 1.75 bits per heavy atom. The molecule has 7 nitrogen and oxygen atoms in total. The van der Waals surface area contributed by atoms with Crippen molar-refractivity contribution in [1.29, 1.82) is 0 Å². The number of nitrogens with one attached hydrogen (secondary N) is 2.